The zero-order chi connectivity index (χ0) is 11.8. The third kappa shape index (κ3) is 1.81. The Bertz CT molecular complexity index is 637. The standard InChI is InChI=1S/C12H11ClN4/c13-9-3-1-2-8(4-9)11-5-12-15-10(6-14)7-17(12)16-11/h1-5,7,16H,6,14H2. The number of benzene rings is 1. The average Bonchev–Trinajstić information content (AvgIpc) is 2.86. The highest BCUT2D eigenvalue weighted by Crippen LogP contribution is 2.22. The molecule has 3 aromatic rings. The molecule has 4 nitrogen and oxygen atoms in total. The summed E-state index contributed by atoms with van der Waals surface area (Å²) < 4.78 is 1.86. The molecular formula is C12H11ClN4. The summed E-state index contributed by atoms with van der Waals surface area (Å²) in [6, 6.07) is 9.67. The highest BCUT2D eigenvalue weighted by molar-refractivity contribution is 6.30. The molecule has 0 fully saturated rings. The maximum Gasteiger partial charge on any atom is 0.153 e. The van der Waals surface area contributed by atoms with Crippen LogP contribution in [0, 0.1) is 0 Å². The number of hydrogen-bond acceptors (Lipinski definition) is 2. The minimum absolute atomic E-state index is 0.446. The van der Waals surface area contributed by atoms with Crippen LogP contribution in [-0.2, 0) is 6.54 Å². The molecule has 0 spiro atoms. The third-order valence-electron chi connectivity index (χ3n) is 2.64. The molecule has 3 N–H and O–H groups in total. The number of H-pyrrole nitrogens is 1. The van der Waals surface area contributed by atoms with Gasteiger partial charge in [-0.3, -0.25) is 5.10 Å². The average molecular weight is 247 g/mol. The number of nitrogens with two attached hydrogens (primary N) is 1. The smallest absolute Gasteiger partial charge is 0.153 e. The molecule has 2 heterocycles. The molecule has 3 rings (SSSR count). The van der Waals surface area contributed by atoms with Crippen LogP contribution in [0.5, 0.6) is 0 Å². The first-order valence-electron chi connectivity index (χ1n) is 5.29. The van der Waals surface area contributed by atoms with Crippen LogP contribution in [0.15, 0.2) is 36.5 Å². The molecule has 0 aliphatic heterocycles. The number of fused-ring (bicyclic) bond motifs is 1. The second-order valence-corrected chi connectivity index (χ2v) is 4.28. The lowest BCUT2D eigenvalue weighted by atomic mass is 10.2. The number of imidazole rings is 1. The van der Waals surface area contributed by atoms with Crippen molar-refractivity contribution in [1.29, 1.82) is 0 Å². The largest absolute Gasteiger partial charge is 0.325 e. The summed E-state index contributed by atoms with van der Waals surface area (Å²) in [6.45, 7) is 0.446. The molecule has 0 saturated heterocycles. The van der Waals surface area contributed by atoms with E-state index in [2.05, 4.69) is 10.1 Å². The first-order chi connectivity index (χ1) is 8.26. The predicted octanol–water partition coefficient (Wildman–Crippen LogP) is 2.44. The highest BCUT2D eigenvalue weighted by atomic mass is 35.5. The van der Waals surface area contributed by atoms with Gasteiger partial charge in [0.25, 0.3) is 0 Å². The van der Waals surface area contributed by atoms with Gasteiger partial charge in [0, 0.05) is 23.2 Å². The Labute approximate surface area is 103 Å². The van der Waals surface area contributed by atoms with E-state index in [1.54, 1.807) is 0 Å². The summed E-state index contributed by atoms with van der Waals surface area (Å²) in [5.74, 6) is 0. The second-order valence-electron chi connectivity index (χ2n) is 3.84. The van der Waals surface area contributed by atoms with Gasteiger partial charge in [-0.1, -0.05) is 23.7 Å². The summed E-state index contributed by atoms with van der Waals surface area (Å²) in [6.07, 6.45) is 1.89. The van der Waals surface area contributed by atoms with Gasteiger partial charge in [0.05, 0.1) is 17.6 Å². The van der Waals surface area contributed by atoms with E-state index in [-0.39, 0.29) is 0 Å². The maximum atomic E-state index is 5.96. The predicted molar refractivity (Wildman–Crippen MR) is 67.9 cm³/mol. The van der Waals surface area contributed by atoms with Gasteiger partial charge < -0.3 is 5.73 Å². The first-order valence-corrected chi connectivity index (χ1v) is 5.67. The van der Waals surface area contributed by atoms with Crippen molar-refractivity contribution in [3.05, 3.63) is 47.2 Å². The Hall–Kier alpha value is -1.78. The Balaban J connectivity index is 2.09. The number of nitrogens with zero attached hydrogens (tertiary/aromatic N) is 2. The number of aromatic nitrogens is 3. The summed E-state index contributed by atoms with van der Waals surface area (Å²) in [7, 11) is 0. The lowest BCUT2D eigenvalue weighted by molar-refractivity contribution is 0.959. The van der Waals surface area contributed by atoms with Crippen LogP contribution in [-0.4, -0.2) is 14.6 Å². The molecule has 1 aromatic carbocycles. The zero-order valence-corrected chi connectivity index (χ0v) is 9.78. The van der Waals surface area contributed by atoms with Crippen molar-refractivity contribution in [3.8, 4) is 11.3 Å². The summed E-state index contributed by atoms with van der Waals surface area (Å²) >= 11 is 5.96. The normalized spacial score (nSPS) is 11.2. The summed E-state index contributed by atoms with van der Waals surface area (Å²) in [4.78, 5) is 4.37. The van der Waals surface area contributed by atoms with Gasteiger partial charge in [0.2, 0.25) is 0 Å². The second kappa shape index (κ2) is 3.91. The van der Waals surface area contributed by atoms with E-state index in [4.69, 9.17) is 17.3 Å². The van der Waals surface area contributed by atoms with Crippen LogP contribution in [0.1, 0.15) is 5.69 Å². The van der Waals surface area contributed by atoms with Crippen molar-refractivity contribution in [2.45, 2.75) is 6.54 Å². The van der Waals surface area contributed by atoms with Gasteiger partial charge in [-0.15, -0.1) is 0 Å². The molecule has 0 atom stereocenters. The fraction of sp³-hybridized carbons (Fsp3) is 0.0833. The van der Waals surface area contributed by atoms with Crippen LogP contribution in [0.4, 0.5) is 0 Å². The Morgan fingerprint density at radius 1 is 1.35 bits per heavy atom. The van der Waals surface area contributed by atoms with Gasteiger partial charge in [0.1, 0.15) is 0 Å². The molecule has 2 aromatic heterocycles. The first kappa shape index (κ1) is 10.4. The van der Waals surface area contributed by atoms with Gasteiger partial charge >= 0.3 is 0 Å². The van der Waals surface area contributed by atoms with Crippen molar-refractivity contribution in [3.63, 3.8) is 0 Å². The van der Waals surface area contributed by atoms with E-state index in [0.29, 0.717) is 6.54 Å². The lowest BCUT2D eigenvalue weighted by Gasteiger charge is -1.97. The van der Waals surface area contributed by atoms with E-state index in [0.717, 1.165) is 27.6 Å². The Kier molecular flexibility index (Phi) is 2.39. The molecule has 0 aliphatic carbocycles. The molecule has 0 amide bonds. The monoisotopic (exact) mass is 246 g/mol. The molecule has 0 saturated carbocycles. The zero-order valence-electron chi connectivity index (χ0n) is 9.02. The van der Waals surface area contributed by atoms with Crippen molar-refractivity contribution >= 4 is 17.2 Å². The van der Waals surface area contributed by atoms with E-state index >= 15 is 0 Å². The molecule has 0 radical (unpaired) electrons. The molecule has 0 bridgehead atoms. The minimum Gasteiger partial charge on any atom is -0.325 e. The van der Waals surface area contributed by atoms with Crippen LogP contribution < -0.4 is 5.73 Å². The SMILES string of the molecule is NCc1cn2[nH]c(-c3cccc(Cl)c3)cc2n1. The van der Waals surface area contributed by atoms with Gasteiger partial charge in [-0.05, 0) is 12.1 Å². The molecule has 17 heavy (non-hydrogen) atoms. The quantitative estimate of drug-likeness (QED) is 0.730. The number of rotatable bonds is 2. The number of aromatic amines is 1. The number of halogens is 1. The van der Waals surface area contributed by atoms with E-state index in [1.807, 2.05) is 41.0 Å². The van der Waals surface area contributed by atoms with Gasteiger partial charge in [-0.25, -0.2) is 9.50 Å². The van der Waals surface area contributed by atoms with Crippen LogP contribution >= 0.6 is 11.6 Å². The van der Waals surface area contributed by atoms with Crippen LogP contribution in [0.3, 0.4) is 0 Å². The van der Waals surface area contributed by atoms with Crippen molar-refractivity contribution in [1.82, 2.24) is 14.6 Å². The van der Waals surface area contributed by atoms with Gasteiger partial charge in [-0.2, -0.15) is 0 Å². The van der Waals surface area contributed by atoms with Crippen LogP contribution in [0.25, 0.3) is 16.9 Å². The van der Waals surface area contributed by atoms with E-state index in [9.17, 15) is 0 Å². The fourth-order valence-electron chi connectivity index (χ4n) is 1.83. The summed E-state index contributed by atoms with van der Waals surface area (Å²) in [5, 5.41) is 3.95. The summed E-state index contributed by atoms with van der Waals surface area (Å²) in [5.41, 5.74) is 9.29. The Morgan fingerprint density at radius 3 is 2.94 bits per heavy atom. The topological polar surface area (TPSA) is 59.1 Å². The lowest BCUT2D eigenvalue weighted by Crippen LogP contribution is -1.95. The molecular weight excluding hydrogens is 236 g/mol. The number of hydrogen-bond donors (Lipinski definition) is 2. The van der Waals surface area contributed by atoms with E-state index < -0.39 is 0 Å². The maximum absolute atomic E-state index is 5.96. The third-order valence-corrected chi connectivity index (χ3v) is 2.88. The Morgan fingerprint density at radius 2 is 2.24 bits per heavy atom. The minimum atomic E-state index is 0.446. The van der Waals surface area contributed by atoms with Gasteiger partial charge in [0.15, 0.2) is 5.65 Å². The molecule has 5 heteroatoms. The molecule has 86 valence electrons. The van der Waals surface area contributed by atoms with E-state index in [1.165, 1.54) is 0 Å². The fourth-order valence-corrected chi connectivity index (χ4v) is 2.02. The van der Waals surface area contributed by atoms with Crippen molar-refractivity contribution in [2.75, 3.05) is 0 Å². The van der Waals surface area contributed by atoms with Crippen molar-refractivity contribution in [2.24, 2.45) is 5.73 Å². The highest BCUT2D eigenvalue weighted by Gasteiger charge is 2.06. The molecule has 0 unspecified atom stereocenters. The van der Waals surface area contributed by atoms with Crippen LogP contribution in [0.2, 0.25) is 5.02 Å². The number of nitrogens with one attached hydrogen (secondary N) is 1. The van der Waals surface area contributed by atoms with Crippen molar-refractivity contribution < 1.29 is 0 Å². The molecule has 0 aliphatic rings.